The Labute approximate surface area is 91.8 Å². The van der Waals surface area contributed by atoms with E-state index in [9.17, 15) is 0 Å². The van der Waals surface area contributed by atoms with Gasteiger partial charge in [0.05, 0.1) is 16.1 Å². The van der Waals surface area contributed by atoms with Gasteiger partial charge in [0, 0.05) is 6.42 Å². The molecule has 0 N–H and O–H groups in total. The van der Waals surface area contributed by atoms with E-state index in [1.807, 2.05) is 6.07 Å². The molecule has 4 heteroatoms. The van der Waals surface area contributed by atoms with Crippen molar-refractivity contribution >= 4 is 34.8 Å². The molecule has 0 bridgehead atoms. The third-order valence-corrected chi connectivity index (χ3v) is 2.68. The van der Waals surface area contributed by atoms with Crippen LogP contribution in [-0.4, -0.2) is 5.38 Å². The smallest absolute Gasteiger partial charge is 0.124 e. The van der Waals surface area contributed by atoms with Gasteiger partial charge in [-0.05, 0) is 11.6 Å². The molecule has 0 fully saturated rings. The van der Waals surface area contributed by atoms with Crippen molar-refractivity contribution in [1.82, 2.24) is 0 Å². The Kier molecular flexibility index (Phi) is 3.87. The average Bonchev–Trinajstić information content (AvgIpc) is 2.13. The van der Waals surface area contributed by atoms with Crippen molar-refractivity contribution in [2.75, 3.05) is 0 Å². The van der Waals surface area contributed by atoms with E-state index in [4.69, 9.17) is 40.1 Å². The average molecular weight is 235 g/mol. The molecule has 1 unspecified atom stereocenters. The van der Waals surface area contributed by atoms with Crippen LogP contribution in [0.1, 0.15) is 5.56 Å². The summed E-state index contributed by atoms with van der Waals surface area (Å²) in [5.74, 6) is 0. The summed E-state index contributed by atoms with van der Waals surface area (Å²) in [4.78, 5) is 0. The van der Waals surface area contributed by atoms with Gasteiger partial charge in [0.15, 0.2) is 0 Å². The molecule has 68 valence electrons. The number of rotatable bonds is 2. The predicted octanol–water partition coefficient (Wildman–Crippen LogP) is 3.67. The summed E-state index contributed by atoms with van der Waals surface area (Å²) in [6, 6.07) is 7.21. The van der Waals surface area contributed by atoms with E-state index in [2.05, 4.69) is 0 Å². The van der Waals surface area contributed by atoms with E-state index in [-0.39, 0.29) is 0 Å². The van der Waals surface area contributed by atoms with Gasteiger partial charge in [0.25, 0.3) is 0 Å². The van der Waals surface area contributed by atoms with Crippen molar-refractivity contribution < 1.29 is 0 Å². The Morgan fingerprint density at radius 2 is 2.08 bits per heavy atom. The zero-order valence-corrected chi connectivity index (χ0v) is 8.87. The Hall–Kier alpha value is -0.420. The molecule has 0 aliphatic heterocycles. The van der Waals surface area contributed by atoms with Crippen LogP contribution in [0.4, 0.5) is 0 Å². The fraction of sp³-hybridized carbons (Fsp3) is 0.222. The first kappa shape index (κ1) is 10.7. The molecule has 0 radical (unpaired) electrons. The second-order valence-corrected chi connectivity index (χ2v) is 3.83. The maximum atomic E-state index is 8.50. The standard InChI is InChI=1S/C9H6Cl3N/c10-7(5-13)4-6-2-1-3-8(11)9(6)12/h1-3,7H,4H2. The molecule has 0 aromatic heterocycles. The van der Waals surface area contributed by atoms with Gasteiger partial charge in [-0.2, -0.15) is 5.26 Å². The molecule has 0 aliphatic carbocycles. The van der Waals surface area contributed by atoms with Gasteiger partial charge in [-0.3, -0.25) is 0 Å². The lowest BCUT2D eigenvalue weighted by atomic mass is 10.1. The summed E-state index contributed by atoms with van der Waals surface area (Å²) in [5.41, 5.74) is 0.802. The Balaban J connectivity index is 2.90. The molecule has 1 rings (SSSR count). The van der Waals surface area contributed by atoms with E-state index >= 15 is 0 Å². The Morgan fingerprint density at radius 3 is 2.69 bits per heavy atom. The van der Waals surface area contributed by atoms with E-state index in [0.29, 0.717) is 16.5 Å². The summed E-state index contributed by atoms with van der Waals surface area (Å²) >= 11 is 17.3. The maximum absolute atomic E-state index is 8.50. The van der Waals surface area contributed by atoms with Crippen molar-refractivity contribution in [3.63, 3.8) is 0 Å². The molecular formula is C9H6Cl3N. The van der Waals surface area contributed by atoms with Gasteiger partial charge in [-0.1, -0.05) is 35.3 Å². The number of halogens is 3. The number of alkyl halides is 1. The molecule has 0 spiro atoms. The van der Waals surface area contributed by atoms with Crippen molar-refractivity contribution in [2.24, 2.45) is 0 Å². The summed E-state index contributed by atoms with van der Waals surface area (Å²) in [6.45, 7) is 0. The topological polar surface area (TPSA) is 23.8 Å². The van der Waals surface area contributed by atoms with Gasteiger partial charge in [-0.15, -0.1) is 11.6 Å². The molecule has 13 heavy (non-hydrogen) atoms. The minimum Gasteiger partial charge on any atom is -0.197 e. The molecule has 1 aromatic carbocycles. The van der Waals surface area contributed by atoms with Gasteiger partial charge in [0.2, 0.25) is 0 Å². The largest absolute Gasteiger partial charge is 0.197 e. The van der Waals surface area contributed by atoms with Crippen LogP contribution in [0, 0.1) is 11.3 Å². The second-order valence-electron chi connectivity index (χ2n) is 2.51. The minimum absolute atomic E-state index is 0.414. The number of nitriles is 1. The van der Waals surface area contributed by atoms with Crippen molar-refractivity contribution in [1.29, 1.82) is 5.26 Å². The highest BCUT2D eigenvalue weighted by atomic mass is 35.5. The Bertz CT molecular complexity index is 343. The lowest BCUT2D eigenvalue weighted by Gasteiger charge is -2.04. The van der Waals surface area contributed by atoms with E-state index in [1.165, 1.54) is 0 Å². The fourth-order valence-electron chi connectivity index (χ4n) is 0.945. The molecule has 0 saturated carbocycles. The summed E-state index contributed by atoms with van der Waals surface area (Å²) in [7, 11) is 0. The second kappa shape index (κ2) is 4.72. The zero-order valence-electron chi connectivity index (χ0n) is 6.60. The molecule has 1 atom stereocenters. The van der Waals surface area contributed by atoms with Crippen molar-refractivity contribution in [3.05, 3.63) is 33.8 Å². The lowest BCUT2D eigenvalue weighted by molar-refractivity contribution is 1.02. The molecule has 0 aliphatic rings. The van der Waals surface area contributed by atoms with E-state index in [1.54, 1.807) is 18.2 Å². The highest BCUT2D eigenvalue weighted by molar-refractivity contribution is 6.42. The van der Waals surface area contributed by atoms with E-state index in [0.717, 1.165) is 5.56 Å². The predicted molar refractivity (Wildman–Crippen MR) is 55.4 cm³/mol. The normalized spacial score (nSPS) is 12.2. The first-order valence-electron chi connectivity index (χ1n) is 3.61. The van der Waals surface area contributed by atoms with Crippen LogP contribution in [0.3, 0.4) is 0 Å². The maximum Gasteiger partial charge on any atom is 0.124 e. The fourth-order valence-corrected chi connectivity index (χ4v) is 1.51. The van der Waals surface area contributed by atoms with Crippen LogP contribution in [0.15, 0.2) is 18.2 Å². The van der Waals surface area contributed by atoms with Gasteiger partial charge in [-0.25, -0.2) is 0 Å². The SMILES string of the molecule is N#CC(Cl)Cc1cccc(Cl)c1Cl. The van der Waals surface area contributed by atoms with Gasteiger partial charge < -0.3 is 0 Å². The van der Waals surface area contributed by atoms with Crippen molar-refractivity contribution in [2.45, 2.75) is 11.8 Å². The quantitative estimate of drug-likeness (QED) is 0.716. The lowest BCUT2D eigenvalue weighted by Crippen LogP contribution is -2.00. The molecular weight excluding hydrogens is 228 g/mol. The number of benzene rings is 1. The first-order chi connectivity index (χ1) is 6.15. The van der Waals surface area contributed by atoms with Crippen LogP contribution in [-0.2, 0) is 6.42 Å². The number of nitrogens with zero attached hydrogens (tertiary/aromatic N) is 1. The zero-order chi connectivity index (χ0) is 9.84. The van der Waals surface area contributed by atoms with Gasteiger partial charge >= 0.3 is 0 Å². The summed E-state index contributed by atoms with van der Waals surface area (Å²) in [5, 5.41) is 8.90. The van der Waals surface area contributed by atoms with Crippen LogP contribution in [0.2, 0.25) is 10.0 Å². The summed E-state index contributed by atoms with van der Waals surface area (Å²) in [6.07, 6.45) is 0.414. The molecule has 1 nitrogen and oxygen atoms in total. The van der Waals surface area contributed by atoms with Crippen LogP contribution in [0.5, 0.6) is 0 Å². The number of hydrogen-bond donors (Lipinski definition) is 0. The highest BCUT2D eigenvalue weighted by Crippen LogP contribution is 2.26. The van der Waals surface area contributed by atoms with Crippen LogP contribution >= 0.6 is 34.8 Å². The van der Waals surface area contributed by atoms with E-state index < -0.39 is 5.38 Å². The van der Waals surface area contributed by atoms with Crippen LogP contribution in [0.25, 0.3) is 0 Å². The highest BCUT2D eigenvalue weighted by Gasteiger charge is 2.09. The number of hydrogen-bond acceptors (Lipinski definition) is 1. The van der Waals surface area contributed by atoms with Crippen molar-refractivity contribution in [3.8, 4) is 6.07 Å². The third-order valence-electron chi connectivity index (χ3n) is 1.57. The monoisotopic (exact) mass is 233 g/mol. The third kappa shape index (κ3) is 2.77. The molecule has 1 aromatic rings. The minimum atomic E-state index is -0.559. The molecule has 0 heterocycles. The summed E-state index contributed by atoms with van der Waals surface area (Å²) < 4.78 is 0. The first-order valence-corrected chi connectivity index (χ1v) is 4.81. The Morgan fingerprint density at radius 1 is 1.38 bits per heavy atom. The van der Waals surface area contributed by atoms with Crippen LogP contribution < -0.4 is 0 Å². The molecule has 0 amide bonds. The molecule has 0 saturated heterocycles. The van der Waals surface area contributed by atoms with Gasteiger partial charge in [0.1, 0.15) is 5.38 Å².